The van der Waals surface area contributed by atoms with Gasteiger partial charge in [0.1, 0.15) is 0 Å². The van der Waals surface area contributed by atoms with Crippen molar-refractivity contribution in [3.05, 3.63) is 54.6 Å². The highest BCUT2D eigenvalue weighted by Crippen LogP contribution is 2.20. The summed E-state index contributed by atoms with van der Waals surface area (Å²) >= 11 is 0. The van der Waals surface area contributed by atoms with E-state index in [0.29, 0.717) is 0 Å². The molecule has 0 aliphatic heterocycles. The summed E-state index contributed by atoms with van der Waals surface area (Å²) in [6.07, 6.45) is 0. The molecule has 0 radical (unpaired) electrons. The quantitative estimate of drug-likeness (QED) is 0.944. The predicted octanol–water partition coefficient (Wildman–Crippen LogP) is 2.81. The molecule has 0 spiro atoms. The average Bonchev–Trinajstić information content (AvgIpc) is 2.48. The predicted molar refractivity (Wildman–Crippen MR) is 82.0 cm³/mol. The van der Waals surface area contributed by atoms with Crippen LogP contribution in [-0.2, 0) is 14.8 Å². The van der Waals surface area contributed by atoms with Crippen LogP contribution in [0.25, 0.3) is 11.1 Å². The van der Waals surface area contributed by atoms with Crippen LogP contribution in [-0.4, -0.2) is 14.3 Å². The zero-order valence-electron chi connectivity index (χ0n) is 11.9. The van der Waals surface area contributed by atoms with Crippen molar-refractivity contribution in [2.75, 3.05) is 0 Å². The van der Waals surface area contributed by atoms with Gasteiger partial charge in [-0.1, -0.05) is 56.3 Å². The molecule has 0 atom stereocenters. The number of carbonyl (C=O) groups is 1. The lowest BCUT2D eigenvalue weighted by molar-refractivity contribution is -0.122. The first kappa shape index (κ1) is 15.3. The monoisotopic (exact) mass is 303 g/mol. The Labute approximate surface area is 124 Å². The Hall–Kier alpha value is -2.14. The van der Waals surface area contributed by atoms with E-state index >= 15 is 0 Å². The van der Waals surface area contributed by atoms with E-state index in [9.17, 15) is 13.2 Å². The van der Waals surface area contributed by atoms with Gasteiger partial charge in [-0.05, 0) is 23.3 Å². The number of benzene rings is 2. The Morgan fingerprint density at radius 3 is 1.95 bits per heavy atom. The molecule has 2 aromatic rings. The molecule has 110 valence electrons. The van der Waals surface area contributed by atoms with E-state index in [1.54, 1.807) is 26.0 Å². The highest BCUT2D eigenvalue weighted by Gasteiger charge is 2.19. The van der Waals surface area contributed by atoms with E-state index in [0.717, 1.165) is 11.1 Å². The first-order valence-corrected chi connectivity index (χ1v) is 8.10. The van der Waals surface area contributed by atoms with Crippen LogP contribution in [0.1, 0.15) is 13.8 Å². The van der Waals surface area contributed by atoms with Crippen molar-refractivity contribution in [2.45, 2.75) is 18.7 Å². The average molecular weight is 303 g/mol. The Morgan fingerprint density at radius 1 is 0.905 bits per heavy atom. The first-order chi connectivity index (χ1) is 9.90. The topological polar surface area (TPSA) is 63.2 Å². The molecule has 5 heteroatoms. The number of hydrogen-bond donors (Lipinski definition) is 1. The molecule has 0 heterocycles. The van der Waals surface area contributed by atoms with Crippen LogP contribution in [0.5, 0.6) is 0 Å². The zero-order chi connectivity index (χ0) is 15.5. The number of carbonyl (C=O) groups excluding carboxylic acids is 1. The minimum absolute atomic E-state index is 0.0798. The van der Waals surface area contributed by atoms with Gasteiger partial charge in [0, 0.05) is 5.92 Å². The third kappa shape index (κ3) is 3.70. The molecule has 2 aromatic carbocycles. The van der Waals surface area contributed by atoms with Gasteiger partial charge in [-0.2, -0.15) is 0 Å². The summed E-state index contributed by atoms with van der Waals surface area (Å²) in [5.41, 5.74) is 1.93. The van der Waals surface area contributed by atoms with Crippen LogP contribution in [0.4, 0.5) is 0 Å². The molecule has 0 aliphatic rings. The van der Waals surface area contributed by atoms with Gasteiger partial charge in [-0.15, -0.1) is 0 Å². The van der Waals surface area contributed by atoms with E-state index < -0.39 is 15.9 Å². The third-order valence-electron chi connectivity index (χ3n) is 3.03. The third-order valence-corrected chi connectivity index (χ3v) is 4.39. The van der Waals surface area contributed by atoms with Crippen molar-refractivity contribution in [3.63, 3.8) is 0 Å². The highest BCUT2D eigenvalue weighted by molar-refractivity contribution is 7.90. The van der Waals surface area contributed by atoms with E-state index in [1.807, 2.05) is 30.3 Å². The van der Waals surface area contributed by atoms with Gasteiger partial charge in [-0.25, -0.2) is 13.1 Å². The van der Waals surface area contributed by atoms with Crippen LogP contribution >= 0.6 is 0 Å². The van der Waals surface area contributed by atoms with Gasteiger partial charge in [0.2, 0.25) is 5.91 Å². The second-order valence-corrected chi connectivity index (χ2v) is 6.70. The van der Waals surface area contributed by atoms with Crippen molar-refractivity contribution in [2.24, 2.45) is 5.92 Å². The molecule has 0 fully saturated rings. The molecule has 1 amide bonds. The molecule has 1 N–H and O–H groups in total. The number of nitrogens with one attached hydrogen (secondary N) is 1. The van der Waals surface area contributed by atoms with Crippen molar-refractivity contribution < 1.29 is 13.2 Å². The fourth-order valence-electron chi connectivity index (χ4n) is 1.77. The molecule has 0 aliphatic carbocycles. The van der Waals surface area contributed by atoms with Gasteiger partial charge >= 0.3 is 0 Å². The van der Waals surface area contributed by atoms with Crippen LogP contribution in [0.3, 0.4) is 0 Å². The lowest BCUT2D eigenvalue weighted by Crippen LogP contribution is -2.33. The van der Waals surface area contributed by atoms with Gasteiger partial charge in [0.05, 0.1) is 4.90 Å². The molecular weight excluding hydrogens is 286 g/mol. The lowest BCUT2D eigenvalue weighted by atomic mass is 10.1. The van der Waals surface area contributed by atoms with E-state index in [1.165, 1.54) is 12.1 Å². The highest BCUT2D eigenvalue weighted by atomic mass is 32.2. The summed E-state index contributed by atoms with van der Waals surface area (Å²) in [6.45, 7) is 3.28. The van der Waals surface area contributed by atoms with Gasteiger partial charge in [0.25, 0.3) is 10.0 Å². The molecule has 0 bridgehead atoms. The second kappa shape index (κ2) is 6.10. The normalized spacial score (nSPS) is 11.4. The van der Waals surface area contributed by atoms with E-state index in [4.69, 9.17) is 0 Å². The molecule has 2 rings (SSSR count). The van der Waals surface area contributed by atoms with E-state index in [2.05, 4.69) is 4.72 Å². The second-order valence-electron chi connectivity index (χ2n) is 5.01. The Morgan fingerprint density at radius 2 is 1.43 bits per heavy atom. The van der Waals surface area contributed by atoms with Crippen LogP contribution in [0.15, 0.2) is 59.5 Å². The SMILES string of the molecule is CC(C)C(=O)NS(=O)(=O)c1ccc(-c2ccccc2)cc1. The summed E-state index contributed by atoms with van der Waals surface area (Å²) in [4.78, 5) is 11.6. The molecule has 4 nitrogen and oxygen atoms in total. The maximum atomic E-state index is 12.1. The Bertz CT molecular complexity index is 720. The number of rotatable bonds is 4. The molecule has 0 aromatic heterocycles. The van der Waals surface area contributed by atoms with E-state index in [-0.39, 0.29) is 10.8 Å². The first-order valence-electron chi connectivity index (χ1n) is 6.62. The van der Waals surface area contributed by atoms with Gasteiger partial charge in [0.15, 0.2) is 0 Å². The molecule has 21 heavy (non-hydrogen) atoms. The summed E-state index contributed by atoms with van der Waals surface area (Å²) in [6, 6.07) is 16.1. The van der Waals surface area contributed by atoms with Crippen LogP contribution < -0.4 is 4.72 Å². The number of sulfonamides is 1. The number of amides is 1. The maximum absolute atomic E-state index is 12.1. The van der Waals surface area contributed by atoms with Crippen molar-refractivity contribution in [1.29, 1.82) is 0 Å². The van der Waals surface area contributed by atoms with Crippen molar-refractivity contribution in [3.8, 4) is 11.1 Å². The van der Waals surface area contributed by atoms with Crippen molar-refractivity contribution in [1.82, 2.24) is 4.72 Å². The maximum Gasteiger partial charge on any atom is 0.264 e. The van der Waals surface area contributed by atoms with Crippen LogP contribution in [0, 0.1) is 5.92 Å². The molecule has 0 saturated heterocycles. The minimum Gasteiger partial charge on any atom is -0.274 e. The summed E-state index contributed by atoms with van der Waals surface area (Å²) in [7, 11) is -3.80. The fraction of sp³-hybridized carbons (Fsp3) is 0.188. The standard InChI is InChI=1S/C16H17NO3S/c1-12(2)16(18)17-21(19,20)15-10-8-14(9-11-15)13-6-4-3-5-7-13/h3-12H,1-2H3,(H,17,18). The summed E-state index contributed by atoms with van der Waals surface area (Å²) in [5.74, 6) is -0.898. The fourth-order valence-corrected chi connectivity index (χ4v) is 2.88. The Balaban J connectivity index is 2.25. The largest absolute Gasteiger partial charge is 0.274 e. The Kier molecular flexibility index (Phi) is 4.43. The smallest absolute Gasteiger partial charge is 0.264 e. The zero-order valence-corrected chi connectivity index (χ0v) is 12.7. The van der Waals surface area contributed by atoms with Crippen LogP contribution in [0.2, 0.25) is 0 Å². The van der Waals surface area contributed by atoms with Gasteiger partial charge < -0.3 is 0 Å². The lowest BCUT2D eigenvalue weighted by Gasteiger charge is -2.09. The van der Waals surface area contributed by atoms with Crippen molar-refractivity contribution >= 4 is 15.9 Å². The minimum atomic E-state index is -3.80. The summed E-state index contributed by atoms with van der Waals surface area (Å²) < 4.78 is 26.2. The number of hydrogen-bond acceptors (Lipinski definition) is 3. The van der Waals surface area contributed by atoms with Gasteiger partial charge in [-0.3, -0.25) is 4.79 Å². The molecule has 0 unspecified atom stereocenters. The summed E-state index contributed by atoms with van der Waals surface area (Å²) in [5, 5.41) is 0. The molecular formula is C16H17NO3S. The molecule has 0 saturated carbocycles.